The van der Waals surface area contributed by atoms with Gasteiger partial charge in [-0.05, 0) is 13.3 Å². The number of hydrogen-bond acceptors (Lipinski definition) is 2. The van der Waals surface area contributed by atoms with Gasteiger partial charge in [-0.1, -0.05) is 77.6 Å². The monoisotopic (exact) mass is 326 g/mol. The molecule has 0 heterocycles. The second kappa shape index (κ2) is 15.8. The van der Waals surface area contributed by atoms with Crippen LogP contribution in [-0.4, -0.2) is 24.4 Å². The molecule has 1 atom stereocenters. The van der Waals surface area contributed by atoms with Crippen molar-refractivity contribution < 1.29 is 9.59 Å². The molecule has 0 unspecified atom stereocenters. The van der Waals surface area contributed by atoms with Gasteiger partial charge in [0.1, 0.15) is 6.04 Å². The molecule has 0 aliphatic rings. The quantitative estimate of drug-likeness (QED) is 0.440. The van der Waals surface area contributed by atoms with Crippen molar-refractivity contribution in [3.05, 3.63) is 0 Å². The number of rotatable bonds is 15. The average Bonchev–Trinajstić information content (AvgIpc) is 2.51. The van der Waals surface area contributed by atoms with Gasteiger partial charge in [-0.2, -0.15) is 0 Å². The van der Waals surface area contributed by atoms with E-state index < -0.39 is 6.04 Å². The summed E-state index contributed by atoms with van der Waals surface area (Å²) in [4.78, 5) is 22.5. The topological polar surface area (TPSA) is 58.2 Å². The van der Waals surface area contributed by atoms with Crippen LogP contribution in [0.4, 0.5) is 0 Å². The number of amides is 2. The summed E-state index contributed by atoms with van der Waals surface area (Å²) in [5.74, 6) is -0.263. The average molecular weight is 327 g/mol. The zero-order valence-corrected chi connectivity index (χ0v) is 15.6. The van der Waals surface area contributed by atoms with Crippen molar-refractivity contribution in [2.45, 2.75) is 104 Å². The van der Waals surface area contributed by atoms with Crippen molar-refractivity contribution in [3.63, 3.8) is 0 Å². The minimum absolute atomic E-state index is 0.0942. The fourth-order valence-electron chi connectivity index (χ4n) is 2.70. The molecule has 0 aliphatic heterocycles. The van der Waals surface area contributed by atoms with Crippen LogP contribution in [0.25, 0.3) is 0 Å². The first kappa shape index (κ1) is 21.9. The third kappa shape index (κ3) is 15.6. The molecular formula is C19H38N2O2. The van der Waals surface area contributed by atoms with Gasteiger partial charge in [0.05, 0.1) is 0 Å². The first-order valence-electron chi connectivity index (χ1n) is 9.62. The van der Waals surface area contributed by atoms with Gasteiger partial charge in [0.2, 0.25) is 11.8 Å². The van der Waals surface area contributed by atoms with Crippen LogP contribution in [0.5, 0.6) is 0 Å². The Hall–Kier alpha value is -1.06. The van der Waals surface area contributed by atoms with Gasteiger partial charge in [0, 0.05) is 13.5 Å². The second-order valence-corrected chi connectivity index (χ2v) is 6.60. The summed E-state index contributed by atoms with van der Waals surface area (Å²) in [6.45, 7) is 6.10. The Balaban J connectivity index is 3.24. The molecule has 136 valence electrons. The van der Waals surface area contributed by atoms with Crippen molar-refractivity contribution >= 4 is 11.8 Å². The molecule has 0 spiro atoms. The van der Waals surface area contributed by atoms with Gasteiger partial charge in [0.15, 0.2) is 0 Å². The fraction of sp³-hybridized carbons (Fsp3) is 0.895. The summed E-state index contributed by atoms with van der Waals surface area (Å²) in [5.41, 5.74) is 0. The van der Waals surface area contributed by atoms with Crippen molar-refractivity contribution in [2.75, 3.05) is 6.54 Å². The van der Waals surface area contributed by atoms with E-state index in [0.717, 1.165) is 6.42 Å². The van der Waals surface area contributed by atoms with Crippen LogP contribution >= 0.6 is 0 Å². The molecule has 0 aliphatic carbocycles. The normalized spacial score (nSPS) is 12.0. The highest BCUT2D eigenvalue weighted by Crippen LogP contribution is 2.11. The highest BCUT2D eigenvalue weighted by Gasteiger charge is 2.12. The van der Waals surface area contributed by atoms with Crippen molar-refractivity contribution in [3.8, 4) is 0 Å². The number of hydrogen-bond donors (Lipinski definition) is 2. The van der Waals surface area contributed by atoms with E-state index in [9.17, 15) is 9.59 Å². The van der Waals surface area contributed by atoms with Crippen LogP contribution in [0.3, 0.4) is 0 Å². The SMILES string of the molecule is CCCCCCCCCCCCCCNC(=O)[C@H](C)NC(C)=O. The van der Waals surface area contributed by atoms with Crippen LogP contribution in [-0.2, 0) is 9.59 Å². The Kier molecular flexibility index (Phi) is 15.1. The van der Waals surface area contributed by atoms with E-state index in [4.69, 9.17) is 0 Å². The molecule has 0 aromatic rings. The zero-order valence-electron chi connectivity index (χ0n) is 15.6. The second-order valence-electron chi connectivity index (χ2n) is 6.60. The summed E-state index contributed by atoms with van der Waals surface area (Å²) in [5, 5.41) is 5.46. The van der Waals surface area contributed by atoms with E-state index in [-0.39, 0.29) is 11.8 Å². The first-order valence-corrected chi connectivity index (χ1v) is 9.62. The molecule has 0 radical (unpaired) electrons. The molecule has 0 rings (SSSR count). The van der Waals surface area contributed by atoms with E-state index in [1.807, 2.05) is 0 Å². The highest BCUT2D eigenvalue weighted by molar-refractivity contribution is 5.86. The predicted octanol–water partition coefficient (Wildman–Crippen LogP) is 4.33. The smallest absolute Gasteiger partial charge is 0.242 e. The molecule has 0 aromatic carbocycles. The third-order valence-corrected chi connectivity index (χ3v) is 4.14. The predicted molar refractivity (Wildman–Crippen MR) is 97.4 cm³/mol. The highest BCUT2D eigenvalue weighted by atomic mass is 16.2. The van der Waals surface area contributed by atoms with Gasteiger partial charge in [-0.25, -0.2) is 0 Å². The van der Waals surface area contributed by atoms with Gasteiger partial charge in [0.25, 0.3) is 0 Å². The molecule has 0 saturated carbocycles. The molecular weight excluding hydrogens is 288 g/mol. The summed E-state index contributed by atoms with van der Waals surface area (Å²) >= 11 is 0. The minimum atomic E-state index is -0.440. The van der Waals surface area contributed by atoms with E-state index in [1.165, 1.54) is 77.6 Å². The Morgan fingerprint density at radius 2 is 1.22 bits per heavy atom. The van der Waals surface area contributed by atoms with Crippen molar-refractivity contribution in [2.24, 2.45) is 0 Å². The maximum absolute atomic E-state index is 11.7. The van der Waals surface area contributed by atoms with Crippen LogP contribution in [0.2, 0.25) is 0 Å². The standard InChI is InChI=1S/C19H38N2O2/c1-4-5-6-7-8-9-10-11-12-13-14-15-16-20-19(23)17(2)21-18(3)22/h17H,4-16H2,1-3H3,(H,20,23)(H,21,22)/t17-/m0/s1. The maximum Gasteiger partial charge on any atom is 0.242 e. The van der Waals surface area contributed by atoms with E-state index in [0.29, 0.717) is 6.54 Å². The molecule has 0 aromatic heterocycles. The molecule has 4 nitrogen and oxygen atoms in total. The Morgan fingerprint density at radius 1 is 0.783 bits per heavy atom. The largest absolute Gasteiger partial charge is 0.354 e. The first-order chi connectivity index (χ1) is 11.1. The van der Waals surface area contributed by atoms with Gasteiger partial charge in [-0.3, -0.25) is 9.59 Å². The number of unbranched alkanes of at least 4 members (excludes halogenated alkanes) is 11. The Labute approximate surface area is 143 Å². The van der Waals surface area contributed by atoms with Crippen LogP contribution in [0, 0.1) is 0 Å². The number of nitrogens with one attached hydrogen (secondary N) is 2. The van der Waals surface area contributed by atoms with Crippen LogP contribution < -0.4 is 10.6 Å². The third-order valence-electron chi connectivity index (χ3n) is 4.14. The van der Waals surface area contributed by atoms with Gasteiger partial charge in [-0.15, -0.1) is 0 Å². The number of carbonyl (C=O) groups excluding carboxylic acids is 2. The molecule has 2 N–H and O–H groups in total. The summed E-state index contributed by atoms with van der Waals surface area (Å²) in [6, 6.07) is -0.440. The van der Waals surface area contributed by atoms with E-state index in [2.05, 4.69) is 17.6 Å². The summed E-state index contributed by atoms with van der Waals surface area (Å²) in [6.07, 6.45) is 15.8. The molecule has 0 bridgehead atoms. The maximum atomic E-state index is 11.7. The molecule has 2 amide bonds. The lowest BCUT2D eigenvalue weighted by atomic mass is 10.1. The van der Waals surface area contributed by atoms with E-state index >= 15 is 0 Å². The van der Waals surface area contributed by atoms with E-state index in [1.54, 1.807) is 6.92 Å². The van der Waals surface area contributed by atoms with Gasteiger partial charge >= 0.3 is 0 Å². The lowest BCUT2D eigenvalue weighted by molar-refractivity contribution is -0.127. The lowest BCUT2D eigenvalue weighted by Crippen LogP contribution is -2.44. The van der Waals surface area contributed by atoms with Crippen LogP contribution in [0.15, 0.2) is 0 Å². The Morgan fingerprint density at radius 3 is 1.65 bits per heavy atom. The molecule has 0 fully saturated rings. The molecule has 23 heavy (non-hydrogen) atoms. The zero-order chi connectivity index (χ0) is 17.3. The van der Waals surface area contributed by atoms with Gasteiger partial charge < -0.3 is 10.6 Å². The minimum Gasteiger partial charge on any atom is -0.354 e. The van der Waals surface area contributed by atoms with Crippen molar-refractivity contribution in [1.82, 2.24) is 10.6 Å². The molecule has 0 saturated heterocycles. The Bertz CT molecular complexity index is 306. The molecule has 4 heteroatoms. The summed E-state index contributed by atoms with van der Waals surface area (Å²) < 4.78 is 0. The summed E-state index contributed by atoms with van der Waals surface area (Å²) in [7, 11) is 0. The van der Waals surface area contributed by atoms with Crippen molar-refractivity contribution in [1.29, 1.82) is 0 Å². The fourth-order valence-corrected chi connectivity index (χ4v) is 2.70. The van der Waals surface area contributed by atoms with Crippen LogP contribution in [0.1, 0.15) is 97.8 Å². The lowest BCUT2D eigenvalue weighted by Gasteiger charge is -2.12. The number of carbonyl (C=O) groups is 2.